The van der Waals surface area contributed by atoms with Crippen LogP contribution in [0.4, 0.5) is 0 Å². The Morgan fingerprint density at radius 3 is 2.50 bits per heavy atom. The molecule has 0 unspecified atom stereocenters. The second-order valence-electron chi connectivity index (χ2n) is 7.33. The van der Waals surface area contributed by atoms with Crippen LogP contribution >= 0.6 is 62.0 Å². The normalized spacial score (nSPS) is 13.8. The first-order valence-corrected chi connectivity index (χ1v) is 14.5. The van der Waals surface area contributed by atoms with Crippen LogP contribution in [0.15, 0.2) is 76.3 Å². The molecule has 0 aliphatic carbocycles. The van der Waals surface area contributed by atoms with Crippen molar-refractivity contribution in [2.24, 2.45) is 5.10 Å². The Kier molecular flexibility index (Phi) is 9.60. The van der Waals surface area contributed by atoms with Crippen molar-refractivity contribution in [3.8, 4) is 11.5 Å². The summed E-state index contributed by atoms with van der Waals surface area (Å²) in [5, 5.41) is 4.02. The molecule has 1 aliphatic heterocycles. The molecule has 9 heteroatoms. The number of benzene rings is 3. The molecule has 0 atom stereocenters. The second kappa shape index (κ2) is 12.9. The smallest absolute Gasteiger partial charge is 0.277 e. The van der Waals surface area contributed by atoms with Crippen LogP contribution in [-0.2, 0) is 11.4 Å². The molecule has 3 aromatic rings. The number of hydrogen-bond donors (Lipinski definition) is 1. The van der Waals surface area contributed by atoms with Crippen molar-refractivity contribution < 1.29 is 14.3 Å². The Labute approximate surface area is 229 Å². The third-order valence-electron chi connectivity index (χ3n) is 4.81. The largest absolute Gasteiger partial charge is 0.488 e. The Balaban J connectivity index is 1.21. The van der Waals surface area contributed by atoms with Gasteiger partial charge in [0.05, 0.1) is 15.3 Å². The Bertz CT molecular complexity index is 1140. The third-order valence-corrected chi connectivity index (χ3v) is 9.25. The standard InChI is InChI=1S/C25H22BrIN2O3S2/c26-22-13-18(3-10-23(22)32-15-17-1-6-20(27)7-2-17)14-28-29-24(30)16-31-21-8-4-19(5-9-21)25-33-11-12-34-25/h1-10,13-14,25H,11-12,15-16H2,(H,29,30)/b28-14-. The van der Waals surface area contributed by atoms with Crippen LogP contribution in [-0.4, -0.2) is 30.2 Å². The van der Waals surface area contributed by atoms with Crippen molar-refractivity contribution in [3.05, 3.63) is 91.5 Å². The summed E-state index contributed by atoms with van der Waals surface area (Å²) in [4.78, 5) is 12.1. The lowest BCUT2D eigenvalue weighted by atomic mass is 10.2. The lowest BCUT2D eigenvalue weighted by Crippen LogP contribution is -2.24. The molecule has 0 bridgehead atoms. The van der Waals surface area contributed by atoms with Gasteiger partial charge in [-0.05, 0) is 97.7 Å². The minimum Gasteiger partial charge on any atom is -0.488 e. The van der Waals surface area contributed by atoms with E-state index in [-0.39, 0.29) is 12.5 Å². The summed E-state index contributed by atoms with van der Waals surface area (Å²) in [6.45, 7) is 0.388. The van der Waals surface area contributed by atoms with Gasteiger partial charge in [-0.2, -0.15) is 5.10 Å². The van der Waals surface area contributed by atoms with E-state index in [1.54, 1.807) is 6.21 Å². The van der Waals surface area contributed by atoms with Gasteiger partial charge < -0.3 is 9.47 Å². The minimum absolute atomic E-state index is 0.0986. The van der Waals surface area contributed by atoms with Gasteiger partial charge in [0.2, 0.25) is 0 Å². The number of hydrazone groups is 1. The van der Waals surface area contributed by atoms with Crippen LogP contribution in [0.5, 0.6) is 11.5 Å². The number of hydrogen-bond acceptors (Lipinski definition) is 6. The van der Waals surface area contributed by atoms with E-state index in [0.717, 1.165) is 21.3 Å². The molecule has 0 radical (unpaired) electrons. The maximum Gasteiger partial charge on any atom is 0.277 e. The quantitative estimate of drug-likeness (QED) is 0.157. The maximum absolute atomic E-state index is 12.1. The van der Waals surface area contributed by atoms with Crippen LogP contribution in [0.3, 0.4) is 0 Å². The highest BCUT2D eigenvalue weighted by Gasteiger charge is 2.18. The van der Waals surface area contributed by atoms with Crippen LogP contribution in [0, 0.1) is 3.57 Å². The van der Waals surface area contributed by atoms with E-state index >= 15 is 0 Å². The van der Waals surface area contributed by atoms with Gasteiger partial charge in [0, 0.05) is 15.1 Å². The molecule has 176 valence electrons. The van der Waals surface area contributed by atoms with Crippen molar-refractivity contribution >= 4 is 74.2 Å². The summed E-state index contributed by atoms with van der Waals surface area (Å²) in [7, 11) is 0. The highest BCUT2D eigenvalue weighted by molar-refractivity contribution is 14.1. The number of nitrogens with one attached hydrogen (secondary N) is 1. The van der Waals surface area contributed by atoms with Gasteiger partial charge in [0.15, 0.2) is 6.61 Å². The summed E-state index contributed by atoms with van der Waals surface area (Å²) < 4.78 is 14.0. The van der Waals surface area contributed by atoms with Gasteiger partial charge in [-0.15, -0.1) is 23.5 Å². The molecule has 1 N–H and O–H groups in total. The van der Waals surface area contributed by atoms with Gasteiger partial charge >= 0.3 is 0 Å². The monoisotopic (exact) mass is 668 g/mol. The van der Waals surface area contributed by atoms with Gasteiger partial charge in [0.25, 0.3) is 5.91 Å². The van der Waals surface area contributed by atoms with Crippen LogP contribution in [0.1, 0.15) is 21.3 Å². The van der Waals surface area contributed by atoms with E-state index in [4.69, 9.17) is 9.47 Å². The highest BCUT2D eigenvalue weighted by Crippen LogP contribution is 2.45. The van der Waals surface area contributed by atoms with E-state index in [1.807, 2.05) is 66.0 Å². The van der Waals surface area contributed by atoms with E-state index < -0.39 is 0 Å². The number of amides is 1. The number of rotatable bonds is 9. The minimum atomic E-state index is -0.321. The molecule has 0 saturated carbocycles. The van der Waals surface area contributed by atoms with Crippen molar-refractivity contribution in [1.29, 1.82) is 0 Å². The molecule has 3 aromatic carbocycles. The van der Waals surface area contributed by atoms with Crippen LogP contribution < -0.4 is 14.9 Å². The Hall–Kier alpha value is -1.69. The summed E-state index contributed by atoms with van der Waals surface area (Å²) >= 11 is 9.74. The average molecular weight is 669 g/mol. The zero-order chi connectivity index (χ0) is 23.8. The molecule has 1 amide bonds. The summed E-state index contributed by atoms with van der Waals surface area (Å²) in [6, 6.07) is 21.8. The molecule has 5 nitrogen and oxygen atoms in total. The van der Waals surface area contributed by atoms with E-state index in [0.29, 0.717) is 16.9 Å². The molecule has 0 spiro atoms. The summed E-state index contributed by atoms with van der Waals surface area (Å²) in [6.07, 6.45) is 1.58. The van der Waals surface area contributed by atoms with Gasteiger partial charge in [-0.3, -0.25) is 4.79 Å². The van der Waals surface area contributed by atoms with Crippen molar-refractivity contribution in [3.63, 3.8) is 0 Å². The second-order valence-corrected chi connectivity index (χ2v) is 12.2. The van der Waals surface area contributed by atoms with Gasteiger partial charge in [0.1, 0.15) is 18.1 Å². The van der Waals surface area contributed by atoms with Crippen LogP contribution in [0.25, 0.3) is 0 Å². The molecule has 34 heavy (non-hydrogen) atoms. The number of nitrogens with zero attached hydrogens (tertiary/aromatic N) is 1. The molecule has 0 aromatic heterocycles. The molecule has 1 fully saturated rings. The Morgan fingerprint density at radius 2 is 1.79 bits per heavy atom. The SMILES string of the molecule is O=C(COc1ccc(C2SCCS2)cc1)N/N=C\c1ccc(OCc2ccc(I)cc2)c(Br)c1. The van der Waals surface area contributed by atoms with E-state index in [2.05, 4.69) is 73.3 Å². The summed E-state index contributed by atoms with van der Waals surface area (Å²) in [5.41, 5.74) is 5.71. The molecule has 4 rings (SSSR count). The number of halogens is 2. The molecular formula is C25H22BrIN2O3S2. The first-order chi connectivity index (χ1) is 16.6. The topological polar surface area (TPSA) is 59.9 Å². The molecule has 1 heterocycles. The predicted octanol–water partition coefficient (Wildman–Crippen LogP) is 6.64. The first-order valence-electron chi connectivity index (χ1n) is 10.5. The number of carbonyl (C=O) groups is 1. The molecule has 1 saturated heterocycles. The number of carbonyl (C=O) groups excluding carboxylic acids is 1. The molecule has 1 aliphatic rings. The maximum atomic E-state index is 12.1. The zero-order valence-electron chi connectivity index (χ0n) is 18.1. The third kappa shape index (κ3) is 7.66. The van der Waals surface area contributed by atoms with Crippen molar-refractivity contribution in [2.45, 2.75) is 11.2 Å². The lowest BCUT2D eigenvalue weighted by molar-refractivity contribution is -0.123. The summed E-state index contributed by atoms with van der Waals surface area (Å²) in [5.74, 6) is 3.47. The number of thioether (sulfide) groups is 2. The van der Waals surface area contributed by atoms with Crippen LogP contribution in [0.2, 0.25) is 0 Å². The lowest BCUT2D eigenvalue weighted by Gasteiger charge is -2.10. The first kappa shape index (κ1) is 25.4. The highest BCUT2D eigenvalue weighted by atomic mass is 127. The van der Waals surface area contributed by atoms with Crippen molar-refractivity contribution in [1.82, 2.24) is 5.43 Å². The zero-order valence-corrected chi connectivity index (χ0v) is 23.5. The van der Waals surface area contributed by atoms with Crippen molar-refractivity contribution in [2.75, 3.05) is 18.1 Å². The average Bonchev–Trinajstić information content (AvgIpc) is 3.39. The fraction of sp³-hybridized carbons (Fsp3) is 0.200. The van der Waals surface area contributed by atoms with E-state index in [1.165, 1.54) is 20.6 Å². The number of ether oxygens (including phenoxy) is 2. The Morgan fingerprint density at radius 1 is 1.06 bits per heavy atom. The van der Waals surface area contributed by atoms with Gasteiger partial charge in [-0.1, -0.05) is 24.3 Å². The van der Waals surface area contributed by atoms with Gasteiger partial charge in [-0.25, -0.2) is 5.43 Å². The van der Waals surface area contributed by atoms with E-state index in [9.17, 15) is 4.79 Å². The fourth-order valence-corrected chi connectivity index (χ4v) is 6.82. The predicted molar refractivity (Wildman–Crippen MR) is 153 cm³/mol. The molecular weight excluding hydrogens is 647 g/mol. The fourth-order valence-electron chi connectivity index (χ4n) is 3.09.